The maximum absolute atomic E-state index is 14.5. The van der Waals surface area contributed by atoms with E-state index in [0.717, 1.165) is 0 Å². The SMILES string of the molecule is C=CCOC(=O)[C@@H]1[C@H]2C(=O)N(CCCCCO)C(C(=O)N(CC=C)c3ccc(OC)cc3)C23CC[C@@]1(CC)O3. The maximum Gasteiger partial charge on any atom is 0.313 e. The largest absolute Gasteiger partial charge is 0.497 e. The summed E-state index contributed by atoms with van der Waals surface area (Å²) in [6, 6.07) is 6.25. The average molecular weight is 541 g/mol. The second-order valence-electron chi connectivity index (χ2n) is 10.5. The number of likely N-dealkylation sites (tertiary alicyclic amines) is 1. The molecule has 212 valence electrons. The van der Waals surface area contributed by atoms with Crippen molar-refractivity contribution in [2.75, 3.05) is 38.3 Å². The summed E-state index contributed by atoms with van der Waals surface area (Å²) in [7, 11) is 1.58. The molecule has 39 heavy (non-hydrogen) atoms. The van der Waals surface area contributed by atoms with Crippen molar-refractivity contribution in [1.29, 1.82) is 0 Å². The molecule has 5 atom stereocenters. The number of unbranched alkanes of at least 4 members (excludes halogenated alkanes) is 2. The van der Waals surface area contributed by atoms with Crippen LogP contribution in [-0.2, 0) is 23.9 Å². The number of ether oxygens (including phenoxy) is 3. The Morgan fingerprint density at radius 3 is 2.54 bits per heavy atom. The van der Waals surface area contributed by atoms with Crippen molar-refractivity contribution in [3.63, 3.8) is 0 Å². The third-order valence-corrected chi connectivity index (χ3v) is 8.53. The van der Waals surface area contributed by atoms with Crippen LogP contribution in [0.1, 0.15) is 45.4 Å². The van der Waals surface area contributed by atoms with Crippen molar-refractivity contribution in [3.8, 4) is 5.75 Å². The first-order valence-corrected chi connectivity index (χ1v) is 13.8. The number of fused-ring (bicyclic) bond motifs is 1. The van der Waals surface area contributed by atoms with Crippen LogP contribution in [0.3, 0.4) is 0 Å². The lowest BCUT2D eigenvalue weighted by atomic mass is 9.65. The third-order valence-electron chi connectivity index (χ3n) is 8.53. The summed E-state index contributed by atoms with van der Waals surface area (Å²) < 4.78 is 17.5. The Bertz CT molecular complexity index is 1090. The lowest BCUT2D eigenvalue weighted by Gasteiger charge is -2.37. The number of nitrogens with zero attached hydrogens (tertiary/aromatic N) is 2. The molecule has 3 saturated heterocycles. The molecular formula is C30H40N2O7. The standard InChI is InChI=1S/C30H40N2O7/c1-5-17-31(21-11-13-22(37-4)14-12-21)27(35)25-30-16-15-29(7-3,39-30)24(28(36)38-20-6-2)23(30)26(34)32(25)18-9-8-10-19-33/h5-6,11-14,23-25,33H,1-2,7-10,15-20H2,3-4H3/t23-,24-,25?,29+,30?/m0/s1. The molecule has 1 spiro atoms. The zero-order valence-corrected chi connectivity index (χ0v) is 23.0. The number of carbonyl (C=O) groups excluding carboxylic acids is 3. The van der Waals surface area contributed by atoms with Crippen molar-refractivity contribution in [1.82, 2.24) is 4.90 Å². The highest BCUT2D eigenvalue weighted by Gasteiger charge is 2.79. The Morgan fingerprint density at radius 2 is 1.92 bits per heavy atom. The fourth-order valence-electron chi connectivity index (χ4n) is 6.76. The van der Waals surface area contributed by atoms with Gasteiger partial charge in [-0.3, -0.25) is 14.4 Å². The highest BCUT2D eigenvalue weighted by atomic mass is 16.6. The first kappa shape index (κ1) is 28.8. The van der Waals surface area contributed by atoms with Crippen molar-refractivity contribution in [3.05, 3.63) is 49.6 Å². The quantitative estimate of drug-likeness (QED) is 0.219. The number of hydrogen-bond donors (Lipinski definition) is 1. The number of aliphatic hydroxyl groups excluding tert-OH is 1. The van der Waals surface area contributed by atoms with E-state index in [4.69, 9.17) is 14.2 Å². The molecule has 2 bridgehead atoms. The number of esters is 1. The van der Waals surface area contributed by atoms with Gasteiger partial charge in [0.25, 0.3) is 5.91 Å². The topological polar surface area (TPSA) is 106 Å². The van der Waals surface area contributed by atoms with Gasteiger partial charge in [0.1, 0.15) is 29.9 Å². The molecule has 1 aromatic rings. The first-order chi connectivity index (χ1) is 18.8. The van der Waals surface area contributed by atoms with Gasteiger partial charge in [0.2, 0.25) is 5.91 Å². The molecule has 9 heteroatoms. The van der Waals surface area contributed by atoms with Gasteiger partial charge in [-0.1, -0.05) is 25.7 Å². The summed E-state index contributed by atoms with van der Waals surface area (Å²) in [6.45, 7) is 10.1. The van der Waals surface area contributed by atoms with E-state index in [1.807, 2.05) is 6.92 Å². The van der Waals surface area contributed by atoms with Crippen LogP contribution in [0.4, 0.5) is 5.69 Å². The molecule has 2 unspecified atom stereocenters. The summed E-state index contributed by atoms with van der Waals surface area (Å²) in [5, 5.41) is 9.25. The van der Waals surface area contributed by atoms with Gasteiger partial charge in [-0.05, 0) is 62.8 Å². The number of amides is 2. The van der Waals surface area contributed by atoms with Crippen LogP contribution in [-0.4, -0.2) is 78.4 Å². The Hall–Kier alpha value is -3.17. The molecule has 0 radical (unpaired) electrons. The third kappa shape index (κ3) is 4.87. The van der Waals surface area contributed by atoms with Crippen LogP contribution in [0.5, 0.6) is 5.75 Å². The molecule has 9 nitrogen and oxygen atoms in total. The molecule has 3 heterocycles. The van der Waals surface area contributed by atoms with Crippen LogP contribution in [0.15, 0.2) is 49.6 Å². The first-order valence-electron chi connectivity index (χ1n) is 13.8. The predicted octanol–water partition coefficient (Wildman–Crippen LogP) is 3.26. The van der Waals surface area contributed by atoms with Gasteiger partial charge in [0.15, 0.2) is 0 Å². The van der Waals surface area contributed by atoms with Gasteiger partial charge in [-0.15, -0.1) is 6.58 Å². The minimum Gasteiger partial charge on any atom is -0.497 e. The fourth-order valence-corrected chi connectivity index (χ4v) is 6.76. The van der Waals surface area contributed by atoms with E-state index in [1.165, 1.54) is 6.08 Å². The van der Waals surface area contributed by atoms with Gasteiger partial charge in [0.05, 0.1) is 18.6 Å². The molecule has 1 aromatic carbocycles. The molecule has 2 amide bonds. The Kier molecular flexibility index (Phi) is 8.81. The van der Waals surface area contributed by atoms with Crippen molar-refractivity contribution in [2.24, 2.45) is 11.8 Å². The second-order valence-corrected chi connectivity index (χ2v) is 10.5. The number of rotatable bonds is 14. The van der Waals surface area contributed by atoms with Gasteiger partial charge in [0, 0.05) is 25.4 Å². The second kappa shape index (κ2) is 11.9. The Morgan fingerprint density at radius 1 is 1.18 bits per heavy atom. The molecule has 1 N–H and O–H groups in total. The summed E-state index contributed by atoms with van der Waals surface area (Å²) in [5.41, 5.74) is -1.35. The molecule has 3 fully saturated rings. The summed E-state index contributed by atoms with van der Waals surface area (Å²) >= 11 is 0. The van der Waals surface area contributed by atoms with Crippen molar-refractivity contribution < 1.29 is 33.7 Å². The lowest BCUT2D eigenvalue weighted by molar-refractivity contribution is -0.159. The average Bonchev–Trinajstić information content (AvgIpc) is 3.56. The van der Waals surface area contributed by atoms with Crippen LogP contribution < -0.4 is 9.64 Å². The Labute approximate surface area is 230 Å². The van der Waals surface area contributed by atoms with Crippen LogP contribution >= 0.6 is 0 Å². The summed E-state index contributed by atoms with van der Waals surface area (Å²) in [5.74, 6) is -1.95. The van der Waals surface area contributed by atoms with Crippen molar-refractivity contribution in [2.45, 2.75) is 62.7 Å². The van der Waals surface area contributed by atoms with Gasteiger partial charge < -0.3 is 29.1 Å². The molecular weight excluding hydrogens is 500 g/mol. The molecule has 0 aliphatic carbocycles. The monoisotopic (exact) mass is 540 g/mol. The highest BCUT2D eigenvalue weighted by molar-refractivity contribution is 6.04. The molecule has 4 rings (SSSR count). The van der Waals surface area contributed by atoms with E-state index < -0.39 is 35.0 Å². The van der Waals surface area contributed by atoms with E-state index in [-0.39, 0.29) is 31.6 Å². The van der Waals surface area contributed by atoms with Crippen LogP contribution in [0, 0.1) is 11.8 Å². The van der Waals surface area contributed by atoms with Crippen LogP contribution in [0.25, 0.3) is 0 Å². The Balaban J connectivity index is 1.76. The molecule has 3 aliphatic rings. The smallest absolute Gasteiger partial charge is 0.313 e. The maximum atomic E-state index is 14.5. The minimum absolute atomic E-state index is 0.0425. The lowest BCUT2D eigenvalue weighted by Crippen LogP contribution is -2.56. The van der Waals surface area contributed by atoms with Crippen molar-refractivity contribution >= 4 is 23.5 Å². The van der Waals surface area contributed by atoms with E-state index in [1.54, 1.807) is 47.3 Å². The fraction of sp³-hybridized carbons (Fsp3) is 0.567. The molecule has 0 aromatic heterocycles. The highest BCUT2D eigenvalue weighted by Crippen LogP contribution is 2.64. The molecule has 3 aliphatic heterocycles. The summed E-state index contributed by atoms with van der Waals surface area (Å²) in [4.78, 5) is 45.3. The number of carbonyl (C=O) groups is 3. The van der Waals surface area contributed by atoms with E-state index in [2.05, 4.69) is 13.2 Å². The van der Waals surface area contributed by atoms with E-state index in [0.29, 0.717) is 56.5 Å². The van der Waals surface area contributed by atoms with Gasteiger partial charge in [-0.2, -0.15) is 0 Å². The number of anilines is 1. The van der Waals surface area contributed by atoms with E-state index >= 15 is 0 Å². The summed E-state index contributed by atoms with van der Waals surface area (Å²) in [6.07, 6.45) is 6.66. The van der Waals surface area contributed by atoms with E-state index in [9.17, 15) is 19.5 Å². The molecule has 0 saturated carbocycles. The zero-order valence-electron chi connectivity index (χ0n) is 23.0. The number of benzene rings is 1. The van der Waals surface area contributed by atoms with Crippen LogP contribution in [0.2, 0.25) is 0 Å². The van der Waals surface area contributed by atoms with Gasteiger partial charge >= 0.3 is 5.97 Å². The number of hydrogen-bond acceptors (Lipinski definition) is 7. The number of aliphatic hydroxyl groups is 1. The number of methoxy groups -OCH3 is 1. The normalized spacial score (nSPS) is 28.7. The predicted molar refractivity (Wildman–Crippen MR) is 146 cm³/mol. The van der Waals surface area contributed by atoms with Gasteiger partial charge in [-0.25, -0.2) is 0 Å². The minimum atomic E-state index is -1.13. The zero-order chi connectivity index (χ0) is 28.2.